The van der Waals surface area contributed by atoms with Gasteiger partial charge in [0.05, 0.1) is 38.3 Å². The molecule has 0 atom stereocenters. The van der Waals surface area contributed by atoms with Crippen LogP contribution in [0, 0.1) is 0 Å². The van der Waals surface area contributed by atoms with E-state index in [4.69, 9.17) is 19.3 Å². The van der Waals surface area contributed by atoms with Crippen LogP contribution in [0.1, 0.15) is 49.4 Å². The largest absolute Gasteiger partial charge is 0.491 e. The van der Waals surface area contributed by atoms with Crippen LogP contribution >= 0.6 is 0 Å². The van der Waals surface area contributed by atoms with E-state index in [9.17, 15) is 14.4 Å². The molecule has 4 rings (SSSR count). The molecule has 0 saturated heterocycles. The second kappa shape index (κ2) is 10.5. The lowest BCUT2D eigenvalue weighted by atomic mass is 10.1. The maximum absolute atomic E-state index is 12.6. The summed E-state index contributed by atoms with van der Waals surface area (Å²) in [6.07, 6.45) is 5.63. The monoisotopic (exact) mass is 467 g/mol. The molecule has 2 aromatic heterocycles. The van der Waals surface area contributed by atoms with E-state index < -0.39 is 5.97 Å². The minimum absolute atomic E-state index is 0.0230. The van der Waals surface area contributed by atoms with Gasteiger partial charge in [-0.15, -0.1) is 0 Å². The molecule has 0 aliphatic carbocycles. The summed E-state index contributed by atoms with van der Waals surface area (Å²) >= 11 is 0. The Morgan fingerprint density at radius 1 is 1.12 bits per heavy atom. The van der Waals surface area contributed by atoms with Crippen molar-refractivity contribution < 1.29 is 23.8 Å². The first-order chi connectivity index (χ1) is 16.5. The molecular weight excluding hydrogens is 438 g/mol. The first kappa shape index (κ1) is 23.5. The molecule has 0 spiro atoms. The summed E-state index contributed by atoms with van der Waals surface area (Å²) in [5.74, 6) is -0.0775. The van der Waals surface area contributed by atoms with Crippen LogP contribution in [0.4, 0.5) is 0 Å². The number of aromatic nitrogens is 3. The molecule has 1 aromatic carbocycles. The third-order valence-corrected chi connectivity index (χ3v) is 5.90. The van der Waals surface area contributed by atoms with Crippen LogP contribution in [-0.4, -0.2) is 46.6 Å². The molecule has 0 unspecified atom stereocenters. The van der Waals surface area contributed by atoms with E-state index in [0.29, 0.717) is 44.2 Å². The van der Waals surface area contributed by atoms with E-state index in [2.05, 4.69) is 0 Å². The molecule has 34 heavy (non-hydrogen) atoms. The number of hydrogen-bond donors (Lipinski definition) is 0. The smallest absolute Gasteiger partial charge is 0.343 e. The van der Waals surface area contributed by atoms with E-state index in [1.54, 1.807) is 6.20 Å². The van der Waals surface area contributed by atoms with E-state index in [1.165, 1.54) is 13.2 Å². The number of esters is 2. The maximum atomic E-state index is 12.6. The van der Waals surface area contributed by atoms with Crippen molar-refractivity contribution in [2.24, 2.45) is 0 Å². The molecule has 3 heterocycles. The van der Waals surface area contributed by atoms with Gasteiger partial charge < -0.3 is 18.8 Å². The number of ether oxygens (including phenoxy) is 3. The Balaban J connectivity index is 1.46. The first-order valence-corrected chi connectivity index (χ1v) is 11.6. The Morgan fingerprint density at radius 2 is 1.94 bits per heavy atom. The Kier molecular flexibility index (Phi) is 7.30. The lowest BCUT2D eigenvalue weighted by Gasteiger charge is -2.21. The summed E-state index contributed by atoms with van der Waals surface area (Å²) in [7, 11) is 1.26. The number of carbonyl (C=O) groups excluding carboxylic acids is 2. The Morgan fingerprint density at radius 3 is 2.74 bits per heavy atom. The summed E-state index contributed by atoms with van der Waals surface area (Å²) in [6, 6.07) is 7.25. The zero-order chi connectivity index (χ0) is 24.1. The van der Waals surface area contributed by atoms with Gasteiger partial charge >= 0.3 is 11.9 Å². The molecule has 0 N–H and O–H groups in total. The number of pyridine rings is 1. The van der Waals surface area contributed by atoms with Gasteiger partial charge in [-0.3, -0.25) is 14.3 Å². The maximum Gasteiger partial charge on any atom is 0.343 e. The molecule has 0 saturated carbocycles. The van der Waals surface area contributed by atoms with Crippen LogP contribution < -0.4 is 10.2 Å². The molecular formula is C25H29N3O6. The third-order valence-electron chi connectivity index (χ3n) is 5.90. The lowest BCUT2D eigenvalue weighted by Crippen LogP contribution is -2.24. The minimum atomic E-state index is -0.638. The number of carbonyl (C=O) groups is 2. The van der Waals surface area contributed by atoms with Crippen molar-refractivity contribution in [2.75, 3.05) is 20.3 Å². The van der Waals surface area contributed by atoms with Gasteiger partial charge in [0.25, 0.3) is 0 Å². The third kappa shape index (κ3) is 4.83. The van der Waals surface area contributed by atoms with Gasteiger partial charge in [-0.25, -0.2) is 4.79 Å². The van der Waals surface area contributed by atoms with Crippen LogP contribution in [0.25, 0.3) is 22.3 Å². The Labute approximate surface area is 197 Å². The SMILES string of the molecule is CCOC(=O)CCCCCCOc1cccc2c3n(nc12)CCn1cc(C(=O)OC)c(=O)cc1-3. The highest BCUT2D eigenvalue weighted by molar-refractivity contribution is 5.96. The highest BCUT2D eigenvalue weighted by atomic mass is 16.5. The number of methoxy groups -OCH3 is 1. The molecule has 1 aliphatic heterocycles. The van der Waals surface area contributed by atoms with Gasteiger partial charge in [0.15, 0.2) is 5.43 Å². The average Bonchev–Trinajstić information content (AvgIpc) is 3.22. The number of aryl methyl sites for hydroxylation is 2. The highest BCUT2D eigenvalue weighted by Crippen LogP contribution is 2.35. The summed E-state index contributed by atoms with van der Waals surface area (Å²) in [4.78, 5) is 35.9. The molecule has 0 bridgehead atoms. The van der Waals surface area contributed by atoms with Crippen LogP contribution in [0.3, 0.4) is 0 Å². The summed E-state index contributed by atoms with van der Waals surface area (Å²) in [5.41, 5.74) is 1.94. The number of fused-ring (bicyclic) bond motifs is 5. The molecule has 0 fully saturated rings. The van der Waals surface area contributed by atoms with E-state index in [1.807, 2.05) is 34.4 Å². The van der Waals surface area contributed by atoms with Gasteiger partial charge in [0, 0.05) is 30.6 Å². The van der Waals surface area contributed by atoms with E-state index in [0.717, 1.165) is 42.3 Å². The minimum Gasteiger partial charge on any atom is -0.491 e. The molecule has 9 nitrogen and oxygen atoms in total. The molecule has 1 aliphatic rings. The predicted octanol–water partition coefficient (Wildman–Crippen LogP) is 3.56. The quantitative estimate of drug-likeness (QED) is 0.332. The summed E-state index contributed by atoms with van der Waals surface area (Å²) in [6.45, 7) is 3.99. The second-order valence-electron chi connectivity index (χ2n) is 8.16. The van der Waals surface area contributed by atoms with Crippen molar-refractivity contribution in [3.63, 3.8) is 0 Å². The normalized spacial score (nSPS) is 12.2. The topological polar surface area (TPSA) is 102 Å². The van der Waals surface area contributed by atoms with Crippen molar-refractivity contribution >= 4 is 22.8 Å². The number of nitrogens with zero attached hydrogens (tertiary/aromatic N) is 3. The lowest BCUT2D eigenvalue weighted by molar-refractivity contribution is -0.143. The fourth-order valence-electron chi connectivity index (χ4n) is 4.24. The van der Waals surface area contributed by atoms with Gasteiger partial charge in [-0.2, -0.15) is 5.10 Å². The summed E-state index contributed by atoms with van der Waals surface area (Å²) < 4.78 is 19.5. The summed E-state index contributed by atoms with van der Waals surface area (Å²) in [5, 5.41) is 5.65. The van der Waals surface area contributed by atoms with Crippen molar-refractivity contribution in [3.8, 4) is 17.1 Å². The number of rotatable bonds is 10. The molecule has 0 radical (unpaired) electrons. The molecule has 9 heteroatoms. The number of benzene rings is 1. The van der Waals surface area contributed by atoms with E-state index in [-0.39, 0.29) is 17.0 Å². The Hall–Kier alpha value is -3.62. The van der Waals surface area contributed by atoms with Crippen LogP contribution in [0.5, 0.6) is 5.75 Å². The zero-order valence-corrected chi connectivity index (χ0v) is 19.5. The number of unbranched alkanes of at least 4 members (excludes halogenated alkanes) is 3. The first-order valence-electron chi connectivity index (χ1n) is 11.6. The van der Waals surface area contributed by atoms with Crippen molar-refractivity contribution in [3.05, 3.63) is 46.2 Å². The van der Waals surface area contributed by atoms with Gasteiger partial charge in [0.1, 0.15) is 16.8 Å². The fraction of sp³-hybridized carbons (Fsp3) is 0.440. The van der Waals surface area contributed by atoms with Crippen LogP contribution in [-0.2, 0) is 27.4 Å². The standard InChI is InChI=1S/C25H29N3O6/c1-3-33-22(30)11-6-4-5-7-14-34-21-10-8-9-17-23(21)26-28-13-12-27-16-18(25(31)32-2)20(29)15-19(27)24(17)28/h8-10,15-16H,3-7,11-14H2,1-2H3. The number of hydrogen-bond acceptors (Lipinski definition) is 7. The Bertz CT molecular complexity index is 1260. The molecule has 0 amide bonds. The van der Waals surface area contributed by atoms with Gasteiger partial charge in [0.2, 0.25) is 0 Å². The van der Waals surface area contributed by atoms with Gasteiger partial charge in [-0.05, 0) is 25.8 Å². The van der Waals surface area contributed by atoms with Crippen molar-refractivity contribution in [1.29, 1.82) is 0 Å². The fourth-order valence-corrected chi connectivity index (χ4v) is 4.24. The highest BCUT2D eigenvalue weighted by Gasteiger charge is 2.24. The van der Waals surface area contributed by atoms with E-state index >= 15 is 0 Å². The van der Waals surface area contributed by atoms with Crippen LogP contribution in [0.15, 0.2) is 35.3 Å². The van der Waals surface area contributed by atoms with Crippen LogP contribution in [0.2, 0.25) is 0 Å². The molecule has 3 aromatic rings. The average molecular weight is 468 g/mol. The zero-order valence-electron chi connectivity index (χ0n) is 19.5. The second-order valence-corrected chi connectivity index (χ2v) is 8.16. The van der Waals surface area contributed by atoms with Crippen molar-refractivity contribution in [1.82, 2.24) is 14.3 Å². The predicted molar refractivity (Wildman–Crippen MR) is 126 cm³/mol. The van der Waals surface area contributed by atoms with Gasteiger partial charge in [-0.1, -0.05) is 25.0 Å². The molecule has 180 valence electrons. The van der Waals surface area contributed by atoms with Crippen molar-refractivity contribution in [2.45, 2.75) is 52.1 Å².